The molecule has 198 valence electrons. The van der Waals surface area contributed by atoms with Crippen LogP contribution in [0.4, 0.5) is 10.5 Å². The lowest BCUT2D eigenvalue weighted by atomic mass is 9.97. The van der Waals surface area contributed by atoms with E-state index < -0.39 is 29.9 Å². The molecule has 0 spiro atoms. The molecule has 0 unspecified atom stereocenters. The highest BCUT2D eigenvalue weighted by molar-refractivity contribution is 6.30. The molecule has 0 bridgehead atoms. The third kappa shape index (κ3) is 6.69. The number of hydroxylamine groups is 1. The van der Waals surface area contributed by atoms with Gasteiger partial charge in [0.2, 0.25) is 5.91 Å². The summed E-state index contributed by atoms with van der Waals surface area (Å²) in [6, 6.07) is 8.47. The zero-order valence-electron chi connectivity index (χ0n) is 20.8. The molecule has 3 rings (SSSR count). The van der Waals surface area contributed by atoms with Crippen molar-refractivity contribution in [2.45, 2.75) is 25.8 Å². The number of nitrogens with zero attached hydrogens (tertiary/aromatic N) is 2. The van der Waals surface area contributed by atoms with Crippen LogP contribution in [0, 0.1) is 5.92 Å². The minimum absolute atomic E-state index is 0.0293. The van der Waals surface area contributed by atoms with Crippen LogP contribution in [-0.2, 0) is 16.1 Å². The van der Waals surface area contributed by atoms with Crippen molar-refractivity contribution in [3.8, 4) is 5.75 Å². The molecule has 12 heteroatoms. The number of methoxy groups -OCH3 is 1. The SMILES string of the molecule is CC[C@@H](NC(=O)N1CC(NOC)=NC[C@H](Cc2cc(Cl)ccc2OC)C1=O)c1ccc(C(=O)O)c(N)c1. The first-order valence-corrected chi connectivity index (χ1v) is 12.0. The van der Waals surface area contributed by atoms with Gasteiger partial charge in [0, 0.05) is 10.7 Å². The number of nitrogen functional groups attached to an aromatic ring is 1. The number of carboxylic acid groups (broad SMARTS) is 1. The summed E-state index contributed by atoms with van der Waals surface area (Å²) in [6.07, 6.45) is 0.723. The monoisotopic (exact) mass is 531 g/mol. The van der Waals surface area contributed by atoms with Crippen LogP contribution >= 0.6 is 11.6 Å². The number of hydrogen-bond acceptors (Lipinski definition) is 8. The van der Waals surface area contributed by atoms with E-state index in [1.54, 1.807) is 24.3 Å². The molecule has 0 fully saturated rings. The Labute approximate surface area is 219 Å². The van der Waals surface area contributed by atoms with E-state index in [2.05, 4.69) is 15.8 Å². The first kappa shape index (κ1) is 27.8. The quantitative estimate of drug-likeness (QED) is 0.299. The van der Waals surface area contributed by atoms with Crippen molar-refractivity contribution >= 4 is 41.0 Å². The van der Waals surface area contributed by atoms with Crippen molar-refractivity contribution in [3.63, 3.8) is 0 Å². The van der Waals surface area contributed by atoms with Crippen LogP contribution in [0.15, 0.2) is 41.4 Å². The lowest BCUT2D eigenvalue weighted by molar-refractivity contribution is -0.131. The number of urea groups is 1. The number of aliphatic imine (C=N–C) groups is 1. The molecule has 0 saturated carbocycles. The van der Waals surface area contributed by atoms with Crippen LogP contribution in [0.5, 0.6) is 5.75 Å². The third-order valence-corrected chi connectivity index (χ3v) is 6.25. The topological polar surface area (TPSA) is 156 Å². The Balaban J connectivity index is 1.86. The second-order valence-corrected chi connectivity index (χ2v) is 8.87. The number of carbonyl (C=O) groups is 3. The lowest BCUT2D eigenvalue weighted by Crippen LogP contribution is -2.50. The van der Waals surface area contributed by atoms with E-state index in [0.29, 0.717) is 34.2 Å². The number of nitrogens with one attached hydrogen (secondary N) is 2. The number of ether oxygens (including phenoxy) is 1. The van der Waals surface area contributed by atoms with Gasteiger partial charge in [-0.3, -0.25) is 25.0 Å². The molecule has 1 aliphatic heterocycles. The Morgan fingerprint density at radius 3 is 2.65 bits per heavy atom. The molecule has 2 aromatic carbocycles. The van der Waals surface area contributed by atoms with E-state index in [9.17, 15) is 19.5 Å². The number of benzene rings is 2. The number of amides is 3. The number of nitrogens with two attached hydrogens (primary N) is 1. The van der Waals surface area contributed by atoms with E-state index in [4.69, 9.17) is 26.9 Å². The maximum absolute atomic E-state index is 13.6. The minimum Gasteiger partial charge on any atom is -0.496 e. The average molecular weight is 532 g/mol. The van der Waals surface area contributed by atoms with Crippen LogP contribution in [0.1, 0.15) is 40.9 Å². The van der Waals surface area contributed by atoms with E-state index in [0.717, 1.165) is 4.90 Å². The Hall–Kier alpha value is -3.83. The number of anilines is 1. The fourth-order valence-corrected chi connectivity index (χ4v) is 4.31. The molecule has 0 aromatic heterocycles. The highest BCUT2D eigenvalue weighted by Crippen LogP contribution is 2.27. The number of amidine groups is 1. The van der Waals surface area contributed by atoms with E-state index in [-0.39, 0.29) is 30.8 Å². The summed E-state index contributed by atoms with van der Waals surface area (Å²) in [5.74, 6) is -1.34. The number of rotatable bonds is 8. The van der Waals surface area contributed by atoms with Gasteiger partial charge in [0.1, 0.15) is 11.6 Å². The first-order valence-electron chi connectivity index (χ1n) is 11.6. The zero-order valence-corrected chi connectivity index (χ0v) is 21.5. The highest BCUT2D eigenvalue weighted by atomic mass is 35.5. The largest absolute Gasteiger partial charge is 0.496 e. The van der Waals surface area contributed by atoms with Gasteiger partial charge in [0.25, 0.3) is 0 Å². The lowest BCUT2D eigenvalue weighted by Gasteiger charge is -2.26. The van der Waals surface area contributed by atoms with Gasteiger partial charge in [-0.15, -0.1) is 0 Å². The van der Waals surface area contributed by atoms with Gasteiger partial charge in [0.15, 0.2) is 0 Å². The van der Waals surface area contributed by atoms with Crippen molar-refractivity contribution in [3.05, 3.63) is 58.1 Å². The fraction of sp³-hybridized carbons (Fsp3) is 0.360. The molecule has 2 atom stereocenters. The smallest absolute Gasteiger partial charge is 0.337 e. The molecule has 0 saturated heterocycles. The molecule has 5 N–H and O–H groups in total. The van der Waals surface area contributed by atoms with Crippen LogP contribution < -0.4 is 21.3 Å². The van der Waals surface area contributed by atoms with Crippen molar-refractivity contribution in [2.24, 2.45) is 10.9 Å². The van der Waals surface area contributed by atoms with Crippen LogP contribution in [0.3, 0.4) is 0 Å². The Morgan fingerprint density at radius 1 is 1.27 bits per heavy atom. The van der Waals surface area contributed by atoms with Crippen molar-refractivity contribution in [2.75, 3.05) is 33.0 Å². The predicted octanol–water partition coefficient (Wildman–Crippen LogP) is 3.04. The van der Waals surface area contributed by atoms with Crippen molar-refractivity contribution < 1.29 is 29.1 Å². The summed E-state index contributed by atoms with van der Waals surface area (Å²) in [4.78, 5) is 48.7. The Morgan fingerprint density at radius 2 is 2.03 bits per heavy atom. The summed E-state index contributed by atoms with van der Waals surface area (Å²) in [5, 5.41) is 12.6. The van der Waals surface area contributed by atoms with Gasteiger partial charge in [-0.1, -0.05) is 24.6 Å². The predicted molar refractivity (Wildman–Crippen MR) is 139 cm³/mol. The van der Waals surface area contributed by atoms with Gasteiger partial charge < -0.3 is 20.9 Å². The number of carboxylic acids is 1. The third-order valence-electron chi connectivity index (χ3n) is 6.01. The van der Waals surface area contributed by atoms with Crippen LogP contribution in [0.25, 0.3) is 0 Å². The molecular weight excluding hydrogens is 502 g/mol. The second-order valence-electron chi connectivity index (χ2n) is 8.44. The molecule has 37 heavy (non-hydrogen) atoms. The number of imide groups is 1. The number of carbonyl (C=O) groups excluding carboxylic acids is 2. The van der Waals surface area contributed by atoms with Gasteiger partial charge in [-0.2, -0.15) is 0 Å². The summed E-state index contributed by atoms with van der Waals surface area (Å²) in [7, 11) is 2.94. The standard InChI is InChI=1S/C25H30ClN5O6/c1-4-20(14-5-7-18(24(33)34)19(27)11-14)29-25(35)31-13-22(30-37-3)28-12-16(23(31)32)9-15-10-17(26)6-8-21(15)36-2/h5-8,10-11,16,20H,4,9,12-13,27H2,1-3H3,(H,28,30)(H,29,35)(H,33,34)/t16-,20+/m0/s1. The maximum Gasteiger partial charge on any atom is 0.337 e. The zero-order chi connectivity index (χ0) is 27.1. The summed E-state index contributed by atoms with van der Waals surface area (Å²) >= 11 is 6.16. The number of hydrogen-bond donors (Lipinski definition) is 4. The molecule has 3 amide bonds. The maximum atomic E-state index is 13.6. The van der Waals surface area contributed by atoms with Gasteiger partial charge in [-0.25, -0.2) is 9.59 Å². The van der Waals surface area contributed by atoms with Crippen LogP contribution in [-0.4, -0.2) is 61.1 Å². The van der Waals surface area contributed by atoms with Gasteiger partial charge in [0.05, 0.1) is 44.8 Å². The molecule has 1 heterocycles. The molecular formula is C25H30ClN5O6. The normalized spacial score (nSPS) is 16.4. The highest BCUT2D eigenvalue weighted by Gasteiger charge is 2.34. The van der Waals surface area contributed by atoms with E-state index in [1.165, 1.54) is 26.4 Å². The molecule has 11 nitrogen and oxygen atoms in total. The molecule has 1 aliphatic rings. The van der Waals surface area contributed by atoms with Crippen molar-refractivity contribution in [1.29, 1.82) is 0 Å². The average Bonchev–Trinajstić information content (AvgIpc) is 3.01. The number of halogens is 1. The summed E-state index contributed by atoms with van der Waals surface area (Å²) in [5.41, 5.74) is 9.90. The van der Waals surface area contributed by atoms with Gasteiger partial charge >= 0.3 is 12.0 Å². The Bertz CT molecular complexity index is 1200. The Kier molecular flexibility index (Phi) is 9.31. The second kappa shape index (κ2) is 12.4. The molecule has 0 radical (unpaired) electrons. The molecule has 0 aliphatic carbocycles. The van der Waals surface area contributed by atoms with Crippen molar-refractivity contribution in [1.82, 2.24) is 15.7 Å². The minimum atomic E-state index is -1.14. The number of aromatic carboxylic acids is 1. The molecule has 2 aromatic rings. The van der Waals surface area contributed by atoms with E-state index >= 15 is 0 Å². The fourth-order valence-electron chi connectivity index (χ4n) is 4.12. The summed E-state index contributed by atoms with van der Waals surface area (Å²) in [6.45, 7) is 1.84. The van der Waals surface area contributed by atoms with Crippen LogP contribution in [0.2, 0.25) is 5.02 Å². The summed E-state index contributed by atoms with van der Waals surface area (Å²) < 4.78 is 5.41. The first-order chi connectivity index (χ1) is 17.7. The van der Waals surface area contributed by atoms with E-state index in [1.807, 2.05) is 6.92 Å². The van der Waals surface area contributed by atoms with Gasteiger partial charge in [-0.05, 0) is 54.3 Å².